The van der Waals surface area contributed by atoms with E-state index in [1.165, 1.54) is 0 Å². The Morgan fingerprint density at radius 3 is 2.62 bits per heavy atom. The summed E-state index contributed by atoms with van der Waals surface area (Å²) in [5.41, 5.74) is 1.92. The summed E-state index contributed by atoms with van der Waals surface area (Å²) in [5.74, 6) is 1.41. The van der Waals surface area contributed by atoms with E-state index in [-0.39, 0.29) is 11.5 Å². The molecule has 0 N–H and O–H groups in total. The molecule has 1 atom stereocenters. The van der Waals surface area contributed by atoms with Crippen LogP contribution in [0.2, 0.25) is 0 Å². The normalized spacial score (nSPS) is 23.6. The Morgan fingerprint density at radius 2 is 1.92 bits per heavy atom. The zero-order valence-electron chi connectivity index (χ0n) is 16.0. The molecule has 2 aliphatic rings. The van der Waals surface area contributed by atoms with E-state index >= 15 is 0 Å². The molecule has 0 bridgehead atoms. The van der Waals surface area contributed by atoms with Crippen LogP contribution in [0.5, 0.6) is 0 Å². The van der Waals surface area contributed by atoms with Gasteiger partial charge >= 0.3 is 0 Å². The largest absolute Gasteiger partial charge is 0.376 e. The highest BCUT2D eigenvalue weighted by Gasteiger charge is 2.28. The third kappa shape index (κ3) is 3.75. The van der Waals surface area contributed by atoms with E-state index in [4.69, 9.17) is 14.6 Å². The second kappa shape index (κ2) is 7.21. The van der Waals surface area contributed by atoms with Gasteiger partial charge in [0.25, 0.3) is 0 Å². The third-order valence-corrected chi connectivity index (χ3v) is 5.35. The van der Waals surface area contributed by atoms with E-state index in [0.717, 1.165) is 56.2 Å². The molecule has 2 aliphatic heterocycles. The minimum atomic E-state index is 0.0150. The Bertz CT molecular complexity index is 740. The van der Waals surface area contributed by atoms with Crippen LogP contribution in [0.3, 0.4) is 0 Å². The number of likely N-dealkylation sites (tertiary alicyclic amines) is 1. The van der Waals surface area contributed by atoms with Crippen LogP contribution in [-0.2, 0) is 14.9 Å². The molecule has 26 heavy (non-hydrogen) atoms. The van der Waals surface area contributed by atoms with Gasteiger partial charge in [0.2, 0.25) is 0 Å². The van der Waals surface area contributed by atoms with Crippen LogP contribution >= 0.6 is 0 Å². The molecule has 7 heteroatoms. The number of ether oxygens (including phenoxy) is 2. The van der Waals surface area contributed by atoms with Gasteiger partial charge in [0.15, 0.2) is 11.5 Å². The zero-order valence-corrected chi connectivity index (χ0v) is 16.0. The molecular weight excluding hydrogens is 330 g/mol. The van der Waals surface area contributed by atoms with Gasteiger partial charge in [-0.1, -0.05) is 20.8 Å². The molecule has 0 spiro atoms. The zero-order chi connectivity index (χ0) is 18.1. The van der Waals surface area contributed by atoms with Crippen molar-refractivity contribution in [2.75, 3.05) is 39.5 Å². The number of piperidine rings is 1. The molecule has 4 heterocycles. The molecule has 2 aromatic heterocycles. The highest BCUT2D eigenvalue weighted by atomic mass is 16.6. The third-order valence-electron chi connectivity index (χ3n) is 5.35. The van der Waals surface area contributed by atoms with Gasteiger partial charge in [0.05, 0.1) is 31.6 Å². The van der Waals surface area contributed by atoms with Gasteiger partial charge in [0, 0.05) is 17.9 Å². The number of fused-ring (bicyclic) bond motifs is 1. The molecule has 0 amide bonds. The lowest BCUT2D eigenvalue weighted by Crippen LogP contribution is -2.43. The maximum atomic E-state index is 5.78. The second-order valence-electron chi connectivity index (χ2n) is 8.44. The van der Waals surface area contributed by atoms with Gasteiger partial charge in [-0.2, -0.15) is 9.61 Å². The van der Waals surface area contributed by atoms with Crippen molar-refractivity contribution in [3.05, 3.63) is 23.7 Å². The summed E-state index contributed by atoms with van der Waals surface area (Å²) < 4.78 is 13.2. The van der Waals surface area contributed by atoms with Gasteiger partial charge in [-0.25, -0.2) is 0 Å². The molecule has 2 fully saturated rings. The lowest BCUT2D eigenvalue weighted by molar-refractivity contribution is -0.0988. The predicted octanol–water partition coefficient (Wildman–Crippen LogP) is 2.02. The fraction of sp³-hybridized carbons (Fsp3) is 0.737. The van der Waals surface area contributed by atoms with Crippen molar-refractivity contribution in [1.29, 1.82) is 0 Å². The van der Waals surface area contributed by atoms with Crippen LogP contribution in [0.1, 0.15) is 51.0 Å². The lowest BCUT2D eigenvalue weighted by Gasteiger charge is -2.34. The van der Waals surface area contributed by atoms with E-state index in [9.17, 15) is 0 Å². The summed E-state index contributed by atoms with van der Waals surface area (Å²) in [6.07, 6.45) is 2.37. The average molecular weight is 359 g/mol. The topological polar surface area (TPSA) is 64.8 Å². The number of rotatable bonds is 3. The summed E-state index contributed by atoms with van der Waals surface area (Å²) in [7, 11) is 0. The van der Waals surface area contributed by atoms with Crippen LogP contribution in [0.25, 0.3) is 5.65 Å². The Labute approximate surface area is 154 Å². The Hall–Kier alpha value is -1.57. The van der Waals surface area contributed by atoms with Crippen LogP contribution < -0.4 is 0 Å². The van der Waals surface area contributed by atoms with Gasteiger partial charge < -0.3 is 14.4 Å². The molecule has 2 saturated heterocycles. The van der Waals surface area contributed by atoms with Crippen molar-refractivity contribution in [2.24, 2.45) is 0 Å². The quantitative estimate of drug-likeness (QED) is 0.835. The van der Waals surface area contributed by atoms with Gasteiger partial charge in [-0.3, -0.25) is 0 Å². The number of nitrogens with zero attached hydrogens (tertiary/aromatic N) is 5. The fourth-order valence-electron chi connectivity index (χ4n) is 3.76. The second-order valence-corrected chi connectivity index (χ2v) is 8.44. The van der Waals surface area contributed by atoms with Crippen molar-refractivity contribution in [3.8, 4) is 0 Å². The van der Waals surface area contributed by atoms with Gasteiger partial charge in [-0.15, -0.1) is 10.2 Å². The first-order valence-corrected chi connectivity index (χ1v) is 9.65. The highest BCUT2D eigenvalue weighted by molar-refractivity contribution is 5.37. The highest BCUT2D eigenvalue weighted by Crippen LogP contribution is 2.28. The lowest BCUT2D eigenvalue weighted by atomic mass is 9.92. The Balaban J connectivity index is 1.44. The molecular formula is C19H29N5O2. The number of hydrogen-bond acceptors (Lipinski definition) is 6. The van der Waals surface area contributed by atoms with E-state index in [2.05, 4.69) is 41.9 Å². The standard InChI is InChI=1S/C19H29N5O2/c1-19(2,3)16-4-5-17-20-21-18(24(17)22-16)14-6-8-23(9-7-14)12-15-13-25-10-11-26-15/h4-5,14-15H,6-13H2,1-3H3. The van der Waals surface area contributed by atoms with Crippen LogP contribution in [0, 0.1) is 0 Å². The maximum absolute atomic E-state index is 5.78. The Morgan fingerprint density at radius 1 is 1.12 bits per heavy atom. The minimum absolute atomic E-state index is 0.0150. The smallest absolute Gasteiger partial charge is 0.177 e. The number of aromatic nitrogens is 4. The van der Waals surface area contributed by atoms with Crippen LogP contribution in [0.4, 0.5) is 0 Å². The summed E-state index contributed by atoms with van der Waals surface area (Å²) in [6.45, 7) is 11.8. The van der Waals surface area contributed by atoms with Crippen molar-refractivity contribution < 1.29 is 9.47 Å². The SMILES string of the molecule is CC(C)(C)c1ccc2nnc(C3CCN(CC4COCCO4)CC3)n2n1. The molecule has 4 rings (SSSR count). The molecule has 0 aliphatic carbocycles. The summed E-state index contributed by atoms with van der Waals surface area (Å²) in [5, 5.41) is 13.6. The van der Waals surface area contributed by atoms with Crippen molar-refractivity contribution in [2.45, 2.75) is 51.0 Å². The van der Waals surface area contributed by atoms with E-state index < -0.39 is 0 Å². The van der Waals surface area contributed by atoms with Crippen molar-refractivity contribution >= 4 is 5.65 Å². The van der Waals surface area contributed by atoms with Crippen molar-refractivity contribution in [3.63, 3.8) is 0 Å². The monoisotopic (exact) mass is 359 g/mol. The fourth-order valence-corrected chi connectivity index (χ4v) is 3.76. The number of hydrogen-bond donors (Lipinski definition) is 0. The Kier molecular flexibility index (Phi) is 4.94. The van der Waals surface area contributed by atoms with Crippen LogP contribution in [0.15, 0.2) is 12.1 Å². The first kappa shape index (κ1) is 17.8. The average Bonchev–Trinajstić information content (AvgIpc) is 3.06. The molecule has 0 radical (unpaired) electrons. The molecule has 142 valence electrons. The van der Waals surface area contributed by atoms with Crippen LogP contribution in [-0.4, -0.2) is 70.3 Å². The van der Waals surface area contributed by atoms with Gasteiger partial charge in [0.1, 0.15) is 0 Å². The molecule has 0 saturated carbocycles. The molecule has 1 unspecified atom stereocenters. The van der Waals surface area contributed by atoms with E-state index in [1.807, 2.05) is 10.6 Å². The minimum Gasteiger partial charge on any atom is -0.376 e. The van der Waals surface area contributed by atoms with Crippen molar-refractivity contribution in [1.82, 2.24) is 24.7 Å². The van der Waals surface area contributed by atoms with E-state index in [1.54, 1.807) is 0 Å². The first-order valence-electron chi connectivity index (χ1n) is 9.65. The molecule has 0 aromatic carbocycles. The first-order chi connectivity index (χ1) is 12.5. The summed E-state index contributed by atoms with van der Waals surface area (Å²) in [4.78, 5) is 2.48. The van der Waals surface area contributed by atoms with E-state index in [0.29, 0.717) is 19.1 Å². The molecule has 2 aromatic rings. The molecule has 7 nitrogen and oxygen atoms in total. The maximum Gasteiger partial charge on any atom is 0.177 e. The predicted molar refractivity (Wildman–Crippen MR) is 98.5 cm³/mol. The summed E-state index contributed by atoms with van der Waals surface area (Å²) >= 11 is 0. The van der Waals surface area contributed by atoms with Gasteiger partial charge in [-0.05, 0) is 38.1 Å². The summed E-state index contributed by atoms with van der Waals surface area (Å²) in [6, 6.07) is 4.09.